The van der Waals surface area contributed by atoms with Gasteiger partial charge in [-0.3, -0.25) is 0 Å². The zero-order valence-corrected chi connectivity index (χ0v) is 14.5. The molecule has 0 radical (unpaired) electrons. The molecule has 2 aliphatic heterocycles. The van der Waals surface area contributed by atoms with Crippen molar-refractivity contribution in [1.29, 1.82) is 0 Å². The molecule has 0 aromatic heterocycles. The molecule has 7 heteroatoms. The van der Waals surface area contributed by atoms with Crippen LogP contribution in [-0.4, -0.2) is 61.2 Å². The van der Waals surface area contributed by atoms with Crippen molar-refractivity contribution in [3.63, 3.8) is 0 Å². The first-order valence-electron chi connectivity index (χ1n) is 7.47. The number of nitrogens with zero attached hydrogens (tertiary/aromatic N) is 2. The van der Waals surface area contributed by atoms with E-state index in [1.807, 2.05) is 0 Å². The summed E-state index contributed by atoms with van der Waals surface area (Å²) in [7, 11) is -3.25. The minimum Gasteiger partial charge on any atom is -0.377 e. The molecule has 0 aliphatic carbocycles. The average molecular weight is 369 g/mol. The zero-order chi connectivity index (χ0) is 14.6. The van der Waals surface area contributed by atoms with Gasteiger partial charge in [0, 0.05) is 31.5 Å². The second-order valence-corrected chi connectivity index (χ2v) is 8.47. The normalized spacial score (nSPS) is 25.1. The molecule has 0 atom stereocenters. The molecule has 118 valence electrons. The lowest BCUT2D eigenvalue weighted by molar-refractivity contribution is 0.0298. The van der Waals surface area contributed by atoms with Gasteiger partial charge in [-0.25, -0.2) is 0 Å². The monoisotopic (exact) mass is 368 g/mol. The first-order chi connectivity index (χ1) is 9.54. The molecule has 0 aromatic rings. The largest absolute Gasteiger partial charge is 0.377 e. The number of halogens is 1. The summed E-state index contributed by atoms with van der Waals surface area (Å²) < 4.78 is 34.1. The average Bonchev–Trinajstić information content (AvgIpc) is 2.46. The molecule has 2 heterocycles. The Morgan fingerprint density at radius 3 is 2.05 bits per heavy atom. The number of rotatable bonds is 5. The van der Waals surface area contributed by atoms with Crippen LogP contribution in [0.2, 0.25) is 0 Å². The smallest absolute Gasteiger partial charge is 0.281 e. The van der Waals surface area contributed by atoms with Crippen molar-refractivity contribution in [3.8, 4) is 0 Å². The molecule has 0 saturated carbocycles. The van der Waals surface area contributed by atoms with Gasteiger partial charge in [-0.1, -0.05) is 22.9 Å². The van der Waals surface area contributed by atoms with E-state index in [-0.39, 0.29) is 6.10 Å². The van der Waals surface area contributed by atoms with E-state index >= 15 is 0 Å². The molecule has 2 aliphatic rings. The van der Waals surface area contributed by atoms with E-state index in [9.17, 15) is 8.42 Å². The van der Waals surface area contributed by atoms with Gasteiger partial charge in [-0.2, -0.15) is 17.0 Å². The number of hydrogen-bond acceptors (Lipinski definition) is 3. The quantitative estimate of drug-likeness (QED) is 0.695. The van der Waals surface area contributed by atoms with Crippen molar-refractivity contribution in [1.82, 2.24) is 8.61 Å². The molecule has 0 bridgehead atoms. The SMILES string of the molecule is CC1CCN(S(=O)(=O)N2CCC(OCCBr)CC2)CC1. The molecule has 0 spiro atoms. The van der Waals surface area contributed by atoms with Gasteiger partial charge < -0.3 is 4.74 Å². The van der Waals surface area contributed by atoms with Crippen LogP contribution in [0.15, 0.2) is 0 Å². The second kappa shape index (κ2) is 7.54. The van der Waals surface area contributed by atoms with Crippen LogP contribution in [0.3, 0.4) is 0 Å². The Morgan fingerprint density at radius 2 is 1.55 bits per heavy atom. The van der Waals surface area contributed by atoms with Crippen LogP contribution in [0, 0.1) is 5.92 Å². The molecule has 5 nitrogen and oxygen atoms in total. The molecule has 20 heavy (non-hydrogen) atoms. The molecule has 2 saturated heterocycles. The predicted octanol–water partition coefficient (Wildman–Crippen LogP) is 1.84. The lowest BCUT2D eigenvalue weighted by atomic mass is 10.0. The summed E-state index contributed by atoms with van der Waals surface area (Å²) in [6, 6.07) is 0. The maximum absolute atomic E-state index is 12.6. The van der Waals surface area contributed by atoms with E-state index in [0.29, 0.717) is 38.7 Å². The molecule has 0 N–H and O–H groups in total. The first kappa shape index (κ1) is 16.7. The Kier molecular flexibility index (Phi) is 6.28. The maximum Gasteiger partial charge on any atom is 0.281 e. The van der Waals surface area contributed by atoms with Crippen LogP contribution in [0.5, 0.6) is 0 Å². The van der Waals surface area contributed by atoms with Crippen molar-refractivity contribution < 1.29 is 13.2 Å². The van der Waals surface area contributed by atoms with Crippen molar-refractivity contribution in [3.05, 3.63) is 0 Å². The van der Waals surface area contributed by atoms with Gasteiger partial charge in [0.05, 0.1) is 12.7 Å². The summed E-state index contributed by atoms with van der Waals surface area (Å²) in [4.78, 5) is 0. The van der Waals surface area contributed by atoms with Crippen LogP contribution in [-0.2, 0) is 14.9 Å². The number of hydrogen-bond donors (Lipinski definition) is 0. The Morgan fingerprint density at radius 1 is 1.05 bits per heavy atom. The van der Waals surface area contributed by atoms with E-state index < -0.39 is 10.2 Å². The Hall–Kier alpha value is 0.310. The van der Waals surface area contributed by atoms with Gasteiger partial charge >= 0.3 is 0 Å². The van der Waals surface area contributed by atoms with Crippen molar-refractivity contribution in [2.75, 3.05) is 38.1 Å². The van der Waals surface area contributed by atoms with Crippen LogP contribution in [0.4, 0.5) is 0 Å². The number of ether oxygens (including phenoxy) is 1. The van der Waals surface area contributed by atoms with Crippen LogP contribution < -0.4 is 0 Å². The minimum atomic E-state index is -3.25. The third-order valence-electron chi connectivity index (χ3n) is 4.23. The molecular weight excluding hydrogens is 344 g/mol. The van der Waals surface area contributed by atoms with Gasteiger partial charge in [0.25, 0.3) is 10.2 Å². The lowest BCUT2D eigenvalue weighted by Crippen LogP contribution is -2.50. The Bertz CT molecular complexity index is 388. The fourth-order valence-electron chi connectivity index (χ4n) is 2.82. The van der Waals surface area contributed by atoms with Crippen LogP contribution >= 0.6 is 15.9 Å². The standard InChI is InChI=1S/C13H25BrN2O3S/c1-12-2-7-15(8-3-12)20(17,18)16-9-4-13(5-10-16)19-11-6-14/h12-13H,2-11H2,1H3. The third kappa shape index (κ3) is 4.16. The Balaban J connectivity index is 1.85. The molecular formula is C13H25BrN2O3S. The molecule has 2 rings (SSSR count). The van der Waals surface area contributed by atoms with E-state index in [4.69, 9.17) is 4.74 Å². The summed E-state index contributed by atoms with van der Waals surface area (Å²) >= 11 is 3.34. The maximum atomic E-state index is 12.6. The topological polar surface area (TPSA) is 49.9 Å². The third-order valence-corrected chi connectivity index (χ3v) is 6.59. The molecule has 0 aromatic carbocycles. The van der Waals surface area contributed by atoms with E-state index in [1.54, 1.807) is 8.61 Å². The van der Waals surface area contributed by atoms with Gasteiger partial charge in [0.1, 0.15) is 0 Å². The Labute approximate surface area is 131 Å². The van der Waals surface area contributed by atoms with Gasteiger partial charge in [0.15, 0.2) is 0 Å². The minimum absolute atomic E-state index is 0.209. The highest BCUT2D eigenvalue weighted by atomic mass is 79.9. The summed E-state index contributed by atoms with van der Waals surface area (Å²) in [5.74, 6) is 0.643. The summed E-state index contributed by atoms with van der Waals surface area (Å²) in [6.45, 7) is 5.40. The number of piperidine rings is 2. The van der Waals surface area contributed by atoms with Crippen molar-refractivity contribution >= 4 is 26.1 Å². The fourth-order valence-corrected chi connectivity index (χ4v) is 4.68. The highest BCUT2D eigenvalue weighted by molar-refractivity contribution is 9.09. The summed E-state index contributed by atoms with van der Waals surface area (Å²) in [6.07, 6.45) is 3.77. The summed E-state index contributed by atoms with van der Waals surface area (Å²) in [5, 5.41) is 0.831. The lowest BCUT2D eigenvalue weighted by Gasteiger charge is -2.37. The van der Waals surface area contributed by atoms with Gasteiger partial charge in [0.2, 0.25) is 0 Å². The van der Waals surface area contributed by atoms with E-state index in [2.05, 4.69) is 22.9 Å². The first-order valence-corrected chi connectivity index (χ1v) is 9.98. The second-order valence-electron chi connectivity index (χ2n) is 5.75. The van der Waals surface area contributed by atoms with Gasteiger partial charge in [-0.05, 0) is 31.6 Å². The van der Waals surface area contributed by atoms with Crippen molar-refractivity contribution in [2.24, 2.45) is 5.92 Å². The fraction of sp³-hybridized carbons (Fsp3) is 1.00. The van der Waals surface area contributed by atoms with Crippen LogP contribution in [0.25, 0.3) is 0 Å². The molecule has 2 fully saturated rings. The highest BCUT2D eigenvalue weighted by Crippen LogP contribution is 2.23. The van der Waals surface area contributed by atoms with Gasteiger partial charge in [-0.15, -0.1) is 0 Å². The van der Waals surface area contributed by atoms with Crippen LogP contribution in [0.1, 0.15) is 32.6 Å². The number of alkyl halides is 1. The highest BCUT2D eigenvalue weighted by Gasteiger charge is 2.34. The molecule has 0 amide bonds. The summed E-state index contributed by atoms with van der Waals surface area (Å²) in [5.41, 5.74) is 0. The zero-order valence-electron chi connectivity index (χ0n) is 12.1. The van der Waals surface area contributed by atoms with Crippen molar-refractivity contribution in [2.45, 2.75) is 38.7 Å². The van der Waals surface area contributed by atoms with E-state index in [1.165, 1.54) is 0 Å². The predicted molar refractivity (Wildman–Crippen MR) is 83.2 cm³/mol. The molecule has 0 unspecified atom stereocenters. The van der Waals surface area contributed by atoms with E-state index in [0.717, 1.165) is 31.0 Å².